The summed E-state index contributed by atoms with van der Waals surface area (Å²) < 4.78 is 57.4. The molecule has 0 aliphatic heterocycles. The highest BCUT2D eigenvalue weighted by atomic mass is 32.1. The van der Waals surface area contributed by atoms with E-state index >= 15 is 0 Å². The molecule has 0 bridgehead atoms. The molecule has 0 aliphatic carbocycles. The number of amides is 1. The Morgan fingerprint density at radius 3 is 2.57 bits per heavy atom. The number of hydrogen-bond acceptors (Lipinski definition) is 4. The van der Waals surface area contributed by atoms with Crippen LogP contribution in [0.5, 0.6) is 0 Å². The predicted octanol–water partition coefficient (Wildman–Crippen LogP) is 6.21. The summed E-state index contributed by atoms with van der Waals surface area (Å²) in [5, 5.41) is 4.58. The van der Waals surface area contributed by atoms with Crippen molar-refractivity contribution in [3.8, 4) is 22.5 Å². The van der Waals surface area contributed by atoms with Crippen molar-refractivity contribution < 1.29 is 22.4 Å². The summed E-state index contributed by atoms with van der Waals surface area (Å²) in [6, 6.07) is 14.8. The van der Waals surface area contributed by atoms with Crippen LogP contribution in [0, 0.1) is 5.82 Å². The Morgan fingerprint density at radius 2 is 1.89 bits per heavy atom. The van der Waals surface area contributed by atoms with Crippen LogP contribution in [-0.4, -0.2) is 20.3 Å². The minimum Gasteiger partial charge on any atom is -0.346 e. The van der Waals surface area contributed by atoms with Gasteiger partial charge >= 0.3 is 6.18 Å². The number of halogens is 4. The summed E-state index contributed by atoms with van der Waals surface area (Å²) in [4.78, 5) is 22.4. The van der Waals surface area contributed by atoms with Crippen LogP contribution in [0.1, 0.15) is 20.9 Å². The number of carbonyl (C=O) groups excluding carboxylic acids is 1. The molecule has 0 aliphatic rings. The van der Waals surface area contributed by atoms with E-state index in [2.05, 4.69) is 15.3 Å². The molecule has 35 heavy (non-hydrogen) atoms. The predicted molar refractivity (Wildman–Crippen MR) is 124 cm³/mol. The van der Waals surface area contributed by atoms with E-state index in [9.17, 15) is 22.4 Å². The van der Waals surface area contributed by atoms with Crippen LogP contribution in [0.2, 0.25) is 0 Å². The summed E-state index contributed by atoms with van der Waals surface area (Å²) in [7, 11) is 0. The Kier molecular flexibility index (Phi) is 5.81. The van der Waals surface area contributed by atoms with Crippen molar-refractivity contribution in [3.05, 3.63) is 100 Å². The normalized spacial score (nSPS) is 11.7. The van der Waals surface area contributed by atoms with E-state index in [1.165, 1.54) is 46.3 Å². The Bertz CT molecular complexity index is 1510. The van der Waals surface area contributed by atoms with Gasteiger partial charge in [0.15, 0.2) is 11.3 Å². The van der Waals surface area contributed by atoms with Crippen molar-refractivity contribution in [3.63, 3.8) is 0 Å². The number of alkyl halides is 3. The lowest BCUT2D eigenvalue weighted by molar-refractivity contribution is -0.136. The summed E-state index contributed by atoms with van der Waals surface area (Å²) in [6.07, 6.45) is -1.89. The van der Waals surface area contributed by atoms with Crippen molar-refractivity contribution in [2.45, 2.75) is 12.7 Å². The number of fused-ring (bicyclic) bond motifs is 1. The van der Waals surface area contributed by atoms with Gasteiger partial charge in [0.05, 0.1) is 17.8 Å². The quantitative estimate of drug-likeness (QED) is 0.294. The molecule has 0 radical (unpaired) electrons. The zero-order valence-corrected chi connectivity index (χ0v) is 18.7. The van der Waals surface area contributed by atoms with Crippen LogP contribution in [-0.2, 0) is 12.7 Å². The summed E-state index contributed by atoms with van der Waals surface area (Å²) >= 11 is 1.44. The first kappa shape index (κ1) is 22.7. The third kappa shape index (κ3) is 4.52. The van der Waals surface area contributed by atoms with E-state index in [-0.39, 0.29) is 34.8 Å². The van der Waals surface area contributed by atoms with Gasteiger partial charge in [0.1, 0.15) is 11.5 Å². The fourth-order valence-electron chi connectivity index (χ4n) is 3.75. The van der Waals surface area contributed by atoms with Crippen molar-refractivity contribution in [1.29, 1.82) is 0 Å². The molecular weight excluding hydrogens is 480 g/mol. The second kappa shape index (κ2) is 8.95. The first-order valence-electron chi connectivity index (χ1n) is 10.4. The molecule has 4 aromatic heterocycles. The van der Waals surface area contributed by atoms with Gasteiger partial charge in [-0.3, -0.25) is 14.2 Å². The topological polar surface area (TPSA) is 59.3 Å². The van der Waals surface area contributed by atoms with Gasteiger partial charge in [0.2, 0.25) is 0 Å². The number of thiophene rings is 1. The monoisotopic (exact) mass is 496 g/mol. The standard InChI is InChI=1S/C25H16F4N4OS/c26-17-6-3-5-15(11-17)16-12-19(25(27,28)29)23-32-21(24(34)31-13-18-7-4-10-35-18)22(33(23)14-16)20-8-1-2-9-30-20/h1-12,14H,13H2,(H,31,34). The molecule has 1 N–H and O–H groups in total. The average molecular weight is 496 g/mol. The van der Waals surface area contributed by atoms with Gasteiger partial charge in [-0.15, -0.1) is 11.3 Å². The number of rotatable bonds is 5. The Hall–Kier alpha value is -4.05. The minimum absolute atomic E-state index is 0.105. The van der Waals surface area contributed by atoms with Crippen LogP contribution >= 0.6 is 11.3 Å². The number of aromatic nitrogens is 3. The highest BCUT2D eigenvalue weighted by molar-refractivity contribution is 7.09. The van der Waals surface area contributed by atoms with Crippen LogP contribution < -0.4 is 5.32 Å². The molecule has 0 fully saturated rings. The lowest BCUT2D eigenvalue weighted by atomic mass is 10.1. The fraction of sp³-hybridized carbons (Fsp3) is 0.0800. The highest BCUT2D eigenvalue weighted by Gasteiger charge is 2.36. The molecule has 10 heteroatoms. The first-order valence-corrected chi connectivity index (χ1v) is 11.3. The second-order valence-corrected chi connectivity index (χ2v) is 8.66. The van der Waals surface area contributed by atoms with Crippen molar-refractivity contribution in [2.75, 3.05) is 0 Å². The van der Waals surface area contributed by atoms with Crippen LogP contribution in [0.4, 0.5) is 17.6 Å². The van der Waals surface area contributed by atoms with Gasteiger partial charge in [0.25, 0.3) is 5.91 Å². The zero-order chi connectivity index (χ0) is 24.6. The zero-order valence-electron chi connectivity index (χ0n) is 17.9. The van der Waals surface area contributed by atoms with Crippen LogP contribution in [0.3, 0.4) is 0 Å². The van der Waals surface area contributed by atoms with Gasteiger partial charge in [0, 0.05) is 17.3 Å². The first-order chi connectivity index (χ1) is 16.8. The van der Waals surface area contributed by atoms with E-state index in [0.717, 1.165) is 17.0 Å². The van der Waals surface area contributed by atoms with E-state index in [0.29, 0.717) is 0 Å². The number of pyridine rings is 2. The maximum atomic E-state index is 14.1. The third-order valence-corrected chi connectivity index (χ3v) is 6.19. The average Bonchev–Trinajstić information content (AvgIpc) is 3.49. The second-order valence-electron chi connectivity index (χ2n) is 7.63. The number of nitrogens with one attached hydrogen (secondary N) is 1. The Labute approximate surface area is 200 Å². The molecule has 0 spiro atoms. The SMILES string of the molecule is O=C(NCc1cccs1)c1nc2c(C(F)(F)F)cc(-c3cccc(F)c3)cn2c1-c1ccccn1. The summed E-state index contributed by atoms with van der Waals surface area (Å²) in [5.41, 5.74) is -0.944. The van der Waals surface area contributed by atoms with E-state index in [1.54, 1.807) is 18.2 Å². The van der Waals surface area contributed by atoms with Gasteiger partial charge in [-0.1, -0.05) is 24.3 Å². The molecule has 0 saturated carbocycles. The van der Waals surface area contributed by atoms with E-state index in [1.807, 2.05) is 17.5 Å². The molecule has 0 atom stereocenters. The summed E-state index contributed by atoms with van der Waals surface area (Å²) in [6.45, 7) is 0.201. The fourth-order valence-corrected chi connectivity index (χ4v) is 4.39. The van der Waals surface area contributed by atoms with Crippen molar-refractivity contribution in [1.82, 2.24) is 19.7 Å². The molecule has 5 rings (SSSR count). The van der Waals surface area contributed by atoms with Crippen molar-refractivity contribution in [2.24, 2.45) is 0 Å². The number of benzene rings is 1. The molecule has 5 aromatic rings. The van der Waals surface area contributed by atoms with Crippen molar-refractivity contribution >= 4 is 22.9 Å². The molecule has 0 unspecified atom stereocenters. The van der Waals surface area contributed by atoms with Crippen LogP contribution in [0.25, 0.3) is 28.2 Å². The molecular formula is C25H16F4N4OS. The molecule has 5 nitrogen and oxygen atoms in total. The smallest absolute Gasteiger partial charge is 0.346 e. The number of carbonyl (C=O) groups is 1. The molecule has 0 saturated heterocycles. The lowest BCUT2D eigenvalue weighted by Gasteiger charge is -2.12. The Balaban J connectivity index is 1.74. The molecule has 1 aromatic carbocycles. The third-order valence-electron chi connectivity index (χ3n) is 5.31. The molecule has 176 valence electrons. The lowest BCUT2D eigenvalue weighted by Crippen LogP contribution is -2.23. The Morgan fingerprint density at radius 1 is 1.03 bits per heavy atom. The molecule has 4 heterocycles. The maximum absolute atomic E-state index is 14.1. The summed E-state index contributed by atoms with van der Waals surface area (Å²) in [5.74, 6) is -1.22. The van der Waals surface area contributed by atoms with E-state index < -0.39 is 29.1 Å². The van der Waals surface area contributed by atoms with Gasteiger partial charge in [-0.25, -0.2) is 9.37 Å². The molecule has 1 amide bonds. The highest BCUT2D eigenvalue weighted by Crippen LogP contribution is 2.37. The van der Waals surface area contributed by atoms with Crippen LogP contribution in [0.15, 0.2) is 78.4 Å². The van der Waals surface area contributed by atoms with Gasteiger partial charge in [-0.2, -0.15) is 13.2 Å². The maximum Gasteiger partial charge on any atom is 0.420 e. The van der Waals surface area contributed by atoms with E-state index in [4.69, 9.17) is 0 Å². The number of imidazole rings is 1. The van der Waals surface area contributed by atoms with Gasteiger partial charge in [-0.05, 0) is 52.9 Å². The van der Waals surface area contributed by atoms with Gasteiger partial charge < -0.3 is 5.32 Å². The minimum atomic E-state index is -4.78. The largest absolute Gasteiger partial charge is 0.420 e. The number of hydrogen-bond donors (Lipinski definition) is 1. The number of nitrogens with zero attached hydrogens (tertiary/aromatic N) is 3.